The van der Waals surface area contributed by atoms with Gasteiger partial charge in [-0.25, -0.2) is 4.57 Å². The maximum atomic E-state index is 12.6. The molecule has 294 valence electrons. The van der Waals surface area contributed by atoms with E-state index in [4.69, 9.17) is 18.5 Å². The lowest BCUT2D eigenvalue weighted by molar-refractivity contribution is -0.870. The van der Waals surface area contributed by atoms with Crippen LogP contribution in [-0.4, -0.2) is 74.9 Å². The zero-order valence-electron chi connectivity index (χ0n) is 33.2. The first-order chi connectivity index (χ1) is 25.0. The first-order valence-corrected chi connectivity index (χ1v) is 21.2. The monoisotopic (exact) mass is 746 g/mol. The topological polar surface area (TPSA) is 108 Å². The number of rotatable bonds is 30. The van der Waals surface area contributed by atoms with Gasteiger partial charge in [-0.15, -0.1) is 0 Å². The maximum absolute atomic E-state index is 12.6. The molecule has 0 radical (unpaired) electrons. The minimum absolute atomic E-state index is 0.0143. The van der Waals surface area contributed by atoms with E-state index < -0.39 is 32.5 Å². The number of carbonyl (C=O) groups is 2. The van der Waals surface area contributed by atoms with Crippen molar-refractivity contribution < 1.29 is 42.1 Å². The zero-order chi connectivity index (χ0) is 38.6. The van der Waals surface area contributed by atoms with Crippen LogP contribution in [-0.2, 0) is 32.7 Å². The Labute approximate surface area is 317 Å². The number of likely N-dealkylation sites (N-methyl/N-ethyl adjacent to an activating group) is 1. The normalized spacial score (nSPS) is 12.3. The van der Waals surface area contributed by atoms with Gasteiger partial charge in [-0.1, -0.05) is 102 Å². The Balaban J connectivity index is 4.50. The summed E-state index contributed by atoms with van der Waals surface area (Å²) in [5.41, 5.74) is 0. The summed E-state index contributed by atoms with van der Waals surface area (Å²) >= 11 is 0. The van der Waals surface area contributed by atoms with E-state index in [1.165, 1.54) is 0 Å². The molecule has 0 heterocycles. The number of hydrogen-bond donors (Lipinski definition) is 1. The van der Waals surface area contributed by atoms with Gasteiger partial charge in [-0.05, 0) is 62.2 Å². The van der Waals surface area contributed by atoms with Gasteiger partial charge in [0.1, 0.15) is 19.8 Å². The molecule has 2 atom stereocenters. The summed E-state index contributed by atoms with van der Waals surface area (Å²) in [6.07, 6.45) is 19.0. The molecule has 0 saturated carbocycles. The Kier molecular flexibility index (Phi) is 32.2. The molecule has 1 unspecified atom stereocenters. The summed E-state index contributed by atoms with van der Waals surface area (Å²) in [5.74, 6) is 23.1. The van der Waals surface area contributed by atoms with Crippen molar-refractivity contribution in [3.05, 3.63) is 0 Å². The highest BCUT2D eigenvalue weighted by Crippen LogP contribution is 2.43. The van der Waals surface area contributed by atoms with Crippen LogP contribution in [0.1, 0.15) is 155 Å². The van der Waals surface area contributed by atoms with Crippen molar-refractivity contribution in [2.24, 2.45) is 0 Å². The largest absolute Gasteiger partial charge is 0.472 e. The first-order valence-electron chi connectivity index (χ1n) is 19.7. The lowest BCUT2D eigenvalue weighted by Crippen LogP contribution is -2.37. The lowest BCUT2D eigenvalue weighted by Gasteiger charge is -2.24. The Morgan fingerprint density at radius 1 is 0.596 bits per heavy atom. The molecular weight excluding hydrogens is 677 g/mol. The highest BCUT2D eigenvalue weighted by molar-refractivity contribution is 7.47. The van der Waals surface area contributed by atoms with Gasteiger partial charge in [-0.2, -0.15) is 0 Å². The van der Waals surface area contributed by atoms with E-state index >= 15 is 0 Å². The second-order valence-electron chi connectivity index (χ2n) is 14.1. The van der Waals surface area contributed by atoms with Crippen LogP contribution in [0, 0.1) is 47.4 Å². The van der Waals surface area contributed by atoms with Crippen LogP contribution in [0.3, 0.4) is 0 Å². The van der Waals surface area contributed by atoms with Crippen molar-refractivity contribution >= 4 is 19.8 Å². The molecule has 0 aromatic carbocycles. The maximum Gasteiger partial charge on any atom is 0.472 e. The first kappa shape index (κ1) is 49.2. The van der Waals surface area contributed by atoms with E-state index in [0.717, 1.165) is 116 Å². The van der Waals surface area contributed by atoms with Gasteiger partial charge in [0.15, 0.2) is 6.10 Å². The lowest BCUT2D eigenvalue weighted by atomic mass is 10.1. The summed E-state index contributed by atoms with van der Waals surface area (Å²) in [5, 5.41) is 0. The summed E-state index contributed by atoms with van der Waals surface area (Å²) < 4.78 is 34.1. The number of hydrogen-bond acceptors (Lipinski definition) is 7. The predicted octanol–water partition coefficient (Wildman–Crippen LogP) is 8.92. The average Bonchev–Trinajstić information content (AvgIpc) is 3.09. The summed E-state index contributed by atoms with van der Waals surface area (Å²) in [6.45, 7) is 4.11. The SMILES string of the molecule is CCCCC#CC#CCCCCCCCCC(=O)OC[C@H](COP(=O)(O)OCC[N+](C)(C)C)OC(=O)CCCCCCCCC#CC#CCCCC. The van der Waals surface area contributed by atoms with Gasteiger partial charge in [0.05, 0.1) is 27.7 Å². The predicted molar refractivity (Wildman–Crippen MR) is 209 cm³/mol. The van der Waals surface area contributed by atoms with Gasteiger partial charge in [-0.3, -0.25) is 18.6 Å². The third-order valence-electron chi connectivity index (χ3n) is 7.82. The average molecular weight is 747 g/mol. The molecular formula is C42H69NO8P+. The van der Waals surface area contributed by atoms with Gasteiger partial charge >= 0.3 is 19.8 Å². The quantitative estimate of drug-likeness (QED) is 0.0255. The van der Waals surface area contributed by atoms with E-state index in [-0.39, 0.29) is 26.1 Å². The standard InChI is InChI=1S/C42H68NO8P/c1-6-8-10-12-14-16-18-20-22-24-26-28-30-32-34-41(44)48-38-40(39-50-52(46,47)49-37-36-43(3,4)5)51-42(45)35-33-31-29-27-25-23-21-19-17-15-13-11-9-7-2/h40H,6-11,20-39H2,1-5H3/p+1/t40-/m1/s1. The Bertz CT molecular complexity index is 1250. The van der Waals surface area contributed by atoms with Crippen molar-refractivity contribution in [1.29, 1.82) is 0 Å². The third kappa shape index (κ3) is 37.0. The number of esters is 2. The Hall–Kier alpha value is -2.75. The van der Waals surface area contributed by atoms with Crippen molar-refractivity contribution in [1.82, 2.24) is 0 Å². The summed E-state index contributed by atoms with van der Waals surface area (Å²) in [6, 6.07) is 0. The number of unbranched alkanes of at least 4 members (excludes halogenated alkanes) is 16. The second-order valence-corrected chi connectivity index (χ2v) is 15.5. The Morgan fingerprint density at radius 2 is 1.02 bits per heavy atom. The molecule has 0 aliphatic heterocycles. The molecule has 0 aromatic rings. The molecule has 0 spiro atoms. The minimum atomic E-state index is -4.39. The molecule has 0 aromatic heterocycles. The number of carbonyl (C=O) groups excluding carboxylic acids is 2. The fourth-order valence-electron chi connectivity index (χ4n) is 4.60. The molecule has 9 nitrogen and oxygen atoms in total. The molecule has 0 saturated heterocycles. The van der Waals surface area contributed by atoms with Crippen LogP contribution in [0.15, 0.2) is 0 Å². The number of phosphoric ester groups is 1. The van der Waals surface area contributed by atoms with E-state index in [0.29, 0.717) is 23.9 Å². The van der Waals surface area contributed by atoms with Crippen LogP contribution < -0.4 is 0 Å². The number of nitrogens with zero attached hydrogens (tertiary/aromatic N) is 1. The van der Waals surface area contributed by atoms with Crippen molar-refractivity contribution in [3.8, 4) is 47.4 Å². The van der Waals surface area contributed by atoms with Gasteiger partial charge in [0.25, 0.3) is 0 Å². The molecule has 0 aliphatic rings. The van der Waals surface area contributed by atoms with Gasteiger partial charge in [0.2, 0.25) is 0 Å². The molecule has 10 heteroatoms. The Morgan fingerprint density at radius 3 is 1.48 bits per heavy atom. The van der Waals surface area contributed by atoms with Crippen LogP contribution in [0.5, 0.6) is 0 Å². The van der Waals surface area contributed by atoms with E-state index in [2.05, 4.69) is 61.2 Å². The molecule has 52 heavy (non-hydrogen) atoms. The molecule has 1 N–H and O–H groups in total. The number of phosphoric acid groups is 1. The van der Waals surface area contributed by atoms with E-state index in [1.54, 1.807) is 0 Å². The molecule has 0 fully saturated rings. The molecule has 0 aliphatic carbocycles. The third-order valence-corrected chi connectivity index (χ3v) is 8.81. The van der Waals surface area contributed by atoms with Gasteiger partial charge in [0, 0.05) is 38.5 Å². The van der Waals surface area contributed by atoms with Crippen molar-refractivity contribution in [2.75, 3.05) is 47.5 Å². The van der Waals surface area contributed by atoms with Crippen molar-refractivity contribution in [2.45, 2.75) is 161 Å². The van der Waals surface area contributed by atoms with Crippen LogP contribution >= 0.6 is 7.82 Å². The summed E-state index contributed by atoms with van der Waals surface area (Å²) in [7, 11) is 1.41. The molecule has 0 bridgehead atoms. The molecule has 0 rings (SSSR count). The van der Waals surface area contributed by atoms with Crippen LogP contribution in [0.25, 0.3) is 0 Å². The zero-order valence-corrected chi connectivity index (χ0v) is 34.1. The fourth-order valence-corrected chi connectivity index (χ4v) is 5.34. The van der Waals surface area contributed by atoms with E-state index in [9.17, 15) is 19.0 Å². The van der Waals surface area contributed by atoms with Crippen LogP contribution in [0.2, 0.25) is 0 Å². The fraction of sp³-hybridized carbons (Fsp3) is 0.762. The van der Waals surface area contributed by atoms with Crippen LogP contribution in [0.4, 0.5) is 0 Å². The highest BCUT2D eigenvalue weighted by atomic mass is 31.2. The number of ether oxygens (including phenoxy) is 2. The van der Waals surface area contributed by atoms with Crippen molar-refractivity contribution in [3.63, 3.8) is 0 Å². The summed E-state index contributed by atoms with van der Waals surface area (Å²) in [4.78, 5) is 35.2. The second kappa shape index (κ2) is 34.0. The number of quaternary nitrogens is 1. The van der Waals surface area contributed by atoms with E-state index in [1.807, 2.05) is 21.1 Å². The van der Waals surface area contributed by atoms with Gasteiger partial charge < -0.3 is 18.9 Å². The smallest absolute Gasteiger partial charge is 0.462 e. The minimum Gasteiger partial charge on any atom is -0.462 e. The molecule has 0 amide bonds. The highest BCUT2D eigenvalue weighted by Gasteiger charge is 2.27.